The Bertz CT molecular complexity index is 1510. The van der Waals surface area contributed by atoms with Crippen LogP contribution in [0.2, 0.25) is 5.02 Å². The van der Waals surface area contributed by atoms with E-state index in [1.165, 1.54) is 9.80 Å². The predicted octanol–water partition coefficient (Wildman–Crippen LogP) is 1.36. The largest absolute Gasteiger partial charge is 0.444 e. The van der Waals surface area contributed by atoms with Gasteiger partial charge in [0.2, 0.25) is 21.8 Å². The molecule has 0 spiro atoms. The van der Waals surface area contributed by atoms with Crippen LogP contribution in [0.15, 0.2) is 30.4 Å². The summed E-state index contributed by atoms with van der Waals surface area (Å²) in [6.45, 7) is 1.13. The number of benzene rings is 1. The van der Waals surface area contributed by atoms with E-state index in [2.05, 4.69) is 10.0 Å². The fourth-order valence-electron chi connectivity index (χ4n) is 6.18. The second-order valence-electron chi connectivity index (χ2n) is 12.2. The van der Waals surface area contributed by atoms with E-state index in [9.17, 15) is 27.6 Å². The molecule has 16 heteroatoms. The molecule has 5 atom stereocenters. The summed E-state index contributed by atoms with van der Waals surface area (Å²) in [6, 6.07) is 3.44. The smallest absolute Gasteiger partial charge is 0.410 e. The lowest BCUT2D eigenvalue weighted by atomic mass is 10.1. The Morgan fingerprint density at radius 1 is 1.18 bits per heavy atom. The molecule has 0 radical (unpaired) electrons. The number of fused-ring (bicyclic) bond motifs is 3. The van der Waals surface area contributed by atoms with E-state index >= 15 is 0 Å². The summed E-state index contributed by atoms with van der Waals surface area (Å²) < 4.78 is 38.7. The maximum Gasteiger partial charge on any atom is 0.410 e. The third-order valence-electron chi connectivity index (χ3n) is 8.97. The van der Waals surface area contributed by atoms with Crippen LogP contribution in [-0.2, 0) is 47.0 Å². The van der Waals surface area contributed by atoms with Crippen LogP contribution in [0.3, 0.4) is 0 Å². The van der Waals surface area contributed by atoms with E-state index in [1.807, 2.05) is 12.1 Å². The molecule has 3 heterocycles. The summed E-state index contributed by atoms with van der Waals surface area (Å²) >= 11 is 6.30. The van der Waals surface area contributed by atoms with E-state index < -0.39 is 68.7 Å². The highest BCUT2D eigenvalue weighted by Gasteiger charge is 2.62. The molecule has 0 aromatic heterocycles. The van der Waals surface area contributed by atoms with E-state index in [0.29, 0.717) is 43.9 Å². The van der Waals surface area contributed by atoms with Gasteiger partial charge in [-0.05, 0) is 49.3 Å². The molecule has 1 aromatic carbocycles. The molecule has 13 nitrogen and oxygen atoms in total. The first-order chi connectivity index (χ1) is 21.0. The average molecular weight is 687 g/mol. The zero-order valence-corrected chi connectivity index (χ0v) is 26.9. The van der Waals surface area contributed by atoms with Crippen molar-refractivity contribution in [1.29, 1.82) is 0 Å². The van der Waals surface area contributed by atoms with Crippen molar-refractivity contribution in [3.63, 3.8) is 0 Å². The van der Waals surface area contributed by atoms with E-state index in [1.54, 1.807) is 18.2 Å². The van der Waals surface area contributed by atoms with Crippen molar-refractivity contribution < 1.29 is 37.1 Å². The number of nitrogens with one attached hydrogen (secondary N) is 2. The van der Waals surface area contributed by atoms with Crippen LogP contribution >= 0.6 is 24.0 Å². The number of halogens is 2. The first-order valence-electron chi connectivity index (χ1n) is 14.9. The van der Waals surface area contributed by atoms with Crippen molar-refractivity contribution in [3.8, 4) is 0 Å². The Labute approximate surface area is 272 Å². The van der Waals surface area contributed by atoms with Crippen molar-refractivity contribution in [2.75, 3.05) is 19.8 Å². The van der Waals surface area contributed by atoms with Gasteiger partial charge in [-0.2, -0.15) is 0 Å². The van der Waals surface area contributed by atoms with Crippen molar-refractivity contribution in [3.05, 3.63) is 46.5 Å². The number of rotatable bonds is 4. The molecule has 3 aliphatic heterocycles. The summed E-state index contributed by atoms with van der Waals surface area (Å²) in [7, 11) is -3.87. The highest BCUT2D eigenvalue weighted by Crippen LogP contribution is 2.46. The molecule has 6 rings (SSSR count). The molecule has 1 saturated heterocycles. The molecular weight excluding hydrogens is 649 g/mol. The molecule has 0 unspecified atom stereocenters. The SMILES string of the molecule is Cl.N[C@H]1CCCOCC=C[C@@H]2C[C@@]2(C(=O)NS(=O)(=O)C2CC2)NC(=O)[C@@H]2C[C@@H](OC(=O)N3Cc4cccc(Cl)c4C3)CN2C1=O. The fraction of sp³-hybridized carbons (Fsp3) is 0.586. The highest BCUT2D eigenvalue weighted by molar-refractivity contribution is 7.91. The van der Waals surface area contributed by atoms with Gasteiger partial charge in [-0.15, -0.1) is 12.4 Å². The van der Waals surface area contributed by atoms with Gasteiger partial charge in [-0.25, -0.2) is 13.2 Å². The molecule has 2 aliphatic carbocycles. The Morgan fingerprint density at radius 3 is 2.69 bits per heavy atom. The van der Waals surface area contributed by atoms with Gasteiger partial charge < -0.3 is 25.4 Å². The summed E-state index contributed by atoms with van der Waals surface area (Å²) in [5.41, 5.74) is 6.48. The maximum absolute atomic E-state index is 13.8. The molecule has 3 fully saturated rings. The summed E-state index contributed by atoms with van der Waals surface area (Å²) in [4.78, 5) is 56.7. The number of nitrogens with two attached hydrogens (primary N) is 1. The monoisotopic (exact) mass is 685 g/mol. The van der Waals surface area contributed by atoms with Gasteiger partial charge in [-0.3, -0.25) is 24.0 Å². The molecule has 4 N–H and O–H groups in total. The Balaban J connectivity index is 0.00000400. The molecule has 45 heavy (non-hydrogen) atoms. The number of ether oxygens (including phenoxy) is 2. The van der Waals surface area contributed by atoms with Gasteiger partial charge in [0, 0.05) is 30.5 Å². The average Bonchev–Trinajstić information content (AvgIpc) is 3.86. The normalized spacial score (nSPS) is 30.1. The van der Waals surface area contributed by atoms with Crippen LogP contribution in [-0.4, -0.2) is 90.8 Å². The van der Waals surface area contributed by atoms with Crippen LogP contribution in [0.5, 0.6) is 0 Å². The lowest BCUT2D eigenvalue weighted by molar-refractivity contribution is -0.140. The summed E-state index contributed by atoms with van der Waals surface area (Å²) in [5.74, 6) is -2.43. The van der Waals surface area contributed by atoms with Crippen LogP contribution < -0.4 is 15.8 Å². The summed E-state index contributed by atoms with van der Waals surface area (Å²) in [6.07, 6.45) is 3.98. The van der Waals surface area contributed by atoms with Crippen LogP contribution in [0, 0.1) is 5.92 Å². The quantitative estimate of drug-likeness (QED) is 0.395. The highest BCUT2D eigenvalue weighted by atomic mass is 35.5. The first-order valence-corrected chi connectivity index (χ1v) is 16.8. The van der Waals surface area contributed by atoms with Gasteiger partial charge in [0.15, 0.2) is 0 Å². The van der Waals surface area contributed by atoms with Crippen molar-refractivity contribution in [2.24, 2.45) is 11.7 Å². The maximum atomic E-state index is 13.8. The van der Waals surface area contributed by atoms with Crippen molar-refractivity contribution in [2.45, 2.75) is 80.6 Å². The minimum absolute atomic E-state index is 0. The van der Waals surface area contributed by atoms with Gasteiger partial charge >= 0.3 is 6.09 Å². The summed E-state index contributed by atoms with van der Waals surface area (Å²) in [5, 5.41) is 2.70. The Morgan fingerprint density at radius 2 is 1.96 bits per heavy atom. The minimum atomic E-state index is -3.87. The van der Waals surface area contributed by atoms with Gasteiger partial charge in [-0.1, -0.05) is 35.9 Å². The fourth-order valence-corrected chi connectivity index (χ4v) is 7.80. The third kappa shape index (κ3) is 6.94. The number of sulfonamides is 1. The second-order valence-corrected chi connectivity index (χ2v) is 14.5. The molecular formula is C29H37Cl2N5O8S. The number of amides is 4. The zero-order chi connectivity index (χ0) is 31.2. The van der Waals surface area contributed by atoms with Crippen molar-refractivity contribution >= 4 is 57.8 Å². The molecule has 2 saturated carbocycles. The van der Waals surface area contributed by atoms with E-state index in [0.717, 1.165) is 11.1 Å². The zero-order valence-electron chi connectivity index (χ0n) is 24.5. The Hall–Kier alpha value is -2.91. The third-order valence-corrected chi connectivity index (χ3v) is 11.1. The number of hydrogen-bond acceptors (Lipinski definition) is 9. The van der Waals surface area contributed by atoms with Crippen LogP contribution in [0.4, 0.5) is 4.79 Å². The topological polar surface area (TPSA) is 177 Å². The number of carbonyl (C=O) groups excluding carboxylic acids is 4. The van der Waals surface area contributed by atoms with Crippen LogP contribution in [0.1, 0.15) is 49.7 Å². The predicted molar refractivity (Wildman–Crippen MR) is 165 cm³/mol. The lowest BCUT2D eigenvalue weighted by Crippen LogP contribution is -2.57. The molecule has 5 aliphatic rings. The number of carbonyl (C=O) groups is 4. The standard InChI is InChI=1S/C29H36ClN5O8S.ClH/c30-22-6-1-4-17-14-34(16-21(17)22)28(39)43-19-12-24-25(36)32-29(27(38)33-44(40,41)20-8-9-20)13-18(29)5-2-10-42-11-3-7-23(31)26(37)35(24)15-19;/h1-2,4-6,18-20,23-24H,3,7-16,31H2,(H,32,36)(H,33,38);1H/t18-,19-,23+,24+,29-;/m1./s1. The molecule has 0 bridgehead atoms. The van der Waals surface area contributed by atoms with Gasteiger partial charge in [0.25, 0.3) is 5.91 Å². The Kier molecular flexibility index (Phi) is 9.71. The van der Waals surface area contributed by atoms with E-state index in [-0.39, 0.29) is 44.9 Å². The molecule has 246 valence electrons. The number of nitrogens with zero attached hydrogens (tertiary/aromatic N) is 2. The second kappa shape index (κ2) is 13.1. The van der Waals surface area contributed by atoms with Crippen molar-refractivity contribution in [1.82, 2.24) is 19.8 Å². The minimum Gasteiger partial charge on any atom is -0.444 e. The van der Waals surface area contributed by atoms with Gasteiger partial charge in [0.05, 0.1) is 31.0 Å². The van der Waals surface area contributed by atoms with Gasteiger partial charge in [0.1, 0.15) is 17.7 Å². The number of hydrogen-bond donors (Lipinski definition) is 3. The molecule has 4 amide bonds. The van der Waals surface area contributed by atoms with E-state index in [4.69, 9.17) is 26.8 Å². The lowest BCUT2D eigenvalue weighted by Gasteiger charge is -2.28. The first kappa shape index (κ1) is 33.5. The van der Waals surface area contributed by atoms with Crippen LogP contribution in [0.25, 0.3) is 0 Å². The molecule has 1 aromatic rings.